The Labute approximate surface area is 134 Å². The second-order valence-electron chi connectivity index (χ2n) is 7.41. The molecule has 6 heteroatoms. The van der Waals surface area contributed by atoms with Crippen LogP contribution < -0.4 is 5.69 Å². The van der Waals surface area contributed by atoms with E-state index in [2.05, 4.69) is 9.97 Å². The molecule has 0 aromatic carbocycles. The Morgan fingerprint density at radius 1 is 1.32 bits per heavy atom. The zero-order valence-corrected chi connectivity index (χ0v) is 13.3. The summed E-state index contributed by atoms with van der Waals surface area (Å²) in [6, 6.07) is 0. The summed E-state index contributed by atoms with van der Waals surface area (Å²) in [5, 5.41) is 0.181. The Bertz CT molecular complexity index is 859. The van der Waals surface area contributed by atoms with Crippen molar-refractivity contribution in [2.75, 3.05) is 0 Å². The second-order valence-corrected chi connectivity index (χ2v) is 7.75. The fraction of sp³-hybridized carbons (Fsp3) is 0.688. The van der Waals surface area contributed by atoms with E-state index in [1.54, 1.807) is 17.8 Å². The van der Waals surface area contributed by atoms with Crippen LogP contribution in [0.1, 0.15) is 39.9 Å². The summed E-state index contributed by atoms with van der Waals surface area (Å²) >= 11 is 6.01. The molecular weight excluding hydrogens is 300 g/mol. The fourth-order valence-corrected chi connectivity index (χ4v) is 5.65. The summed E-state index contributed by atoms with van der Waals surface area (Å²) in [7, 11) is 1.77. The Balaban J connectivity index is 1.76. The van der Waals surface area contributed by atoms with Crippen molar-refractivity contribution in [1.82, 2.24) is 19.1 Å². The molecule has 2 heterocycles. The predicted molar refractivity (Wildman–Crippen MR) is 83.9 cm³/mol. The highest BCUT2D eigenvalue weighted by atomic mass is 35.5. The van der Waals surface area contributed by atoms with Crippen molar-refractivity contribution < 1.29 is 1.37 Å². The highest BCUT2D eigenvalue weighted by molar-refractivity contribution is 6.28. The van der Waals surface area contributed by atoms with Crippen LogP contribution in [0.3, 0.4) is 0 Å². The van der Waals surface area contributed by atoms with Crippen LogP contribution in [0.4, 0.5) is 0 Å². The van der Waals surface area contributed by atoms with Crippen LogP contribution in [0.25, 0.3) is 11.2 Å². The van der Waals surface area contributed by atoms with Gasteiger partial charge in [0.2, 0.25) is 5.28 Å². The van der Waals surface area contributed by atoms with E-state index in [9.17, 15) is 4.79 Å². The third-order valence-corrected chi connectivity index (χ3v) is 6.20. The molecule has 0 radical (unpaired) electrons. The van der Waals surface area contributed by atoms with Gasteiger partial charge in [-0.15, -0.1) is 0 Å². The van der Waals surface area contributed by atoms with Crippen molar-refractivity contribution in [3.05, 3.63) is 22.0 Å². The van der Waals surface area contributed by atoms with E-state index in [4.69, 9.17) is 13.0 Å². The van der Waals surface area contributed by atoms with E-state index in [1.165, 1.54) is 0 Å². The first-order valence-corrected chi connectivity index (χ1v) is 8.39. The van der Waals surface area contributed by atoms with Crippen molar-refractivity contribution in [1.29, 1.82) is 0 Å². The molecule has 4 aliphatic carbocycles. The first-order valence-electron chi connectivity index (χ1n) is 8.59. The van der Waals surface area contributed by atoms with Crippen LogP contribution in [-0.2, 0) is 12.6 Å². The number of imidazole rings is 1. The number of halogens is 1. The van der Waals surface area contributed by atoms with Gasteiger partial charge in [0.05, 0.1) is 11.7 Å². The zero-order chi connectivity index (χ0) is 15.9. The van der Waals surface area contributed by atoms with Gasteiger partial charge in [0, 0.05) is 8.42 Å². The van der Waals surface area contributed by atoms with Crippen LogP contribution in [0.15, 0.2) is 11.0 Å². The fourth-order valence-electron chi connectivity index (χ4n) is 5.52. The van der Waals surface area contributed by atoms with Crippen LogP contribution in [0, 0.1) is 17.8 Å². The summed E-state index contributed by atoms with van der Waals surface area (Å²) in [5.41, 5.74) is 1.18. The zero-order valence-electron chi connectivity index (χ0n) is 13.5. The minimum Gasteiger partial charge on any atom is -0.292 e. The summed E-state index contributed by atoms with van der Waals surface area (Å²) in [5.74, 6) is 1.48. The standard InChI is InChI=1S/C16H19ClN4O/c1-20-12-8-18-14(17)19-13(12)21(15(20)22)16-5-9-2-10(6-16)4-11(3-9)7-16/h8-11H,2-7H2,1H3/i2D. The lowest BCUT2D eigenvalue weighted by molar-refractivity contribution is -0.0430. The molecule has 5 nitrogen and oxygen atoms in total. The average molecular weight is 320 g/mol. The van der Waals surface area contributed by atoms with Gasteiger partial charge < -0.3 is 0 Å². The van der Waals surface area contributed by atoms with Crippen LogP contribution >= 0.6 is 11.6 Å². The van der Waals surface area contributed by atoms with Crippen molar-refractivity contribution in [3.8, 4) is 0 Å². The van der Waals surface area contributed by atoms with Gasteiger partial charge in [0.1, 0.15) is 5.52 Å². The molecule has 2 aromatic heterocycles. The molecule has 0 saturated heterocycles. The molecule has 2 aromatic rings. The van der Waals surface area contributed by atoms with Crippen molar-refractivity contribution in [3.63, 3.8) is 0 Å². The topological polar surface area (TPSA) is 52.7 Å². The van der Waals surface area contributed by atoms with Crippen molar-refractivity contribution in [2.24, 2.45) is 24.8 Å². The highest BCUT2D eigenvalue weighted by Crippen LogP contribution is 2.58. The molecule has 4 fully saturated rings. The number of fused-ring (bicyclic) bond motifs is 1. The lowest BCUT2D eigenvalue weighted by atomic mass is 9.53. The van der Waals surface area contributed by atoms with E-state index in [0.29, 0.717) is 23.4 Å². The second kappa shape index (κ2) is 4.13. The molecule has 2 unspecified atom stereocenters. The Hall–Kier alpha value is -1.36. The van der Waals surface area contributed by atoms with E-state index >= 15 is 0 Å². The molecule has 6 rings (SSSR count). The smallest absolute Gasteiger partial charge is 0.292 e. The van der Waals surface area contributed by atoms with Gasteiger partial charge in [-0.2, -0.15) is 4.98 Å². The van der Waals surface area contributed by atoms with Crippen LogP contribution in [0.2, 0.25) is 5.28 Å². The number of rotatable bonds is 1. The number of aryl methyl sites for hydroxylation is 1. The molecule has 0 spiro atoms. The molecular formula is C16H19ClN4O. The van der Waals surface area contributed by atoms with Gasteiger partial charge in [-0.1, -0.05) is 0 Å². The number of hydrogen-bond donors (Lipinski definition) is 0. The molecule has 2 atom stereocenters. The highest BCUT2D eigenvalue weighted by Gasteiger charge is 2.53. The number of hydrogen-bond acceptors (Lipinski definition) is 3. The molecule has 4 saturated carbocycles. The maximum atomic E-state index is 13.0. The van der Waals surface area contributed by atoms with Gasteiger partial charge in [0.15, 0.2) is 5.65 Å². The summed E-state index contributed by atoms with van der Waals surface area (Å²) in [6.45, 7) is 0. The Kier molecular flexibility index (Phi) is 2.27. The molecule has 4 aliphatic rings. The molecule has 0 amide bonds. The van der Waals surface area contributed by atoms with E-state index in [1.807, 2.05) is 4.57 Å². The normalized spacial score (nSPS) is 40.4. The largest absolute Gasteiger partial charge is 0.330 e. The van der Waals surface area contributed by atoms with Gasteiger partial charge >= 0.3 is 5.69 Å². The van der Waals surface area contributed by atoms with Gasteiger partial charge in [-0.05, 0) is 67.9 Å². The van der Waals surface area contributed by atoms with Crippen LogP contribution in [0.5, 0.6) is 0 Å². The third-order valence-electron chi connectivity index (χ3n) is 6.02. The maximum absolute atomic E-state index is 13.0. The quantitative estimate of drug-likeness (QED) is 0.759. The summed E-state index contributed by atoms with van der Waals surface area (Å²) in [6.07, 6.45) is 6.88. The minimum absolute atomic E-state index is 0.0277. The lowest BCUT2D eigenvalue weighted by Gasteiger charge is -2.56. The van der Waals surface area contributed by atoms with Gasteiger partial charge in [-0.3, -0.25) is 9.13 Å². The molecule has 116 valence electrons. The molecule has 4 bridgehead atoms. The van der Waals surface area contributed by atoms with E-state index in [-0.39, 0.29) is 22.9 Å². The first-order chi connectivity index (χ1) is 11.0. The van der Waals surface area contributed by atoms with Crippen molar-refractivity contribution >= 4 is 22.8 Å². The average Bonchev–Trinajstić information content (AvgIpc) is 2.75. The molecule has 0 aliphatic heterocycles. The van der Waals surface area contributed by atoms with Crippen molar-refractivity contribution in [2.45, 2.75) is 44.0 Å². The number of nitrogens with zero attached hydrogens (tertiary/aromatic N) is 4. The minimum atomic E-state index is -0.178. The van der Waals surface area contributed by atoms with E-state index in [0.717, 1.165) is 37.6 Å². The molecule has 22 heavy (non-hydrogen) atoms. The first kappa shape index (κ1) is 12.1. The predicted octanol–water partition coefficient (Wildman–Crippen LogP) is 2.71. The Morgan fingerprint density at radius 2 is 2.00 bits per heavy atom. The third kappa shape index (κ3) is 1.58. The summed E-state index contributed by atoms with van der Waals surface area (Å²) < 4.78 is 12.0. The maximum Gasteiger partial charge on any atom is 0.330 e. The van der Waals surface area contributed by atoms with Gasteiger partial charge in [0.25, 0.3) is 0 Å². The number of aromatic nitrogens is 4. The van der Waals surface area contributed by atoms with E-state index < -0.39 is 0 Å². The Morgan fingerprint density at radius 3 is 2.73 bits per heavy atom. The SMILES string of the molecule is [2H]C1C2CC3CC1CC(n1c(=O)n(C)c4cnc(Cl)nc41)(C3)C2. The van der Waals surface area contributed by atoms with Crippen LogP contribution in [-0.4, -0.2) is 19.1 Å². The monoisotopic (exact) mass is 319 g/mol. The van der Waals surface area contributed by atoms with Gasteiger partial charge in [-0.25, -0.2) is 9.78 Å². The summed E-state index contributed by atoms with van der Waals surface area (Å²) in [4.78, 5) is 21.4. The molecule has 0 N–H and O–H groups in total. The lowest BCUT2D eigenvalue weighted by Crippen LogP contribution is -2.54.